The Morgan fingerprint density at radius 2 is 1.65 bits per heavy atom. The number of hydrogen-bond donors (Lipinski definition) is 3. The molecule has 0 radical (unpaired) electrons. The van der Waals surface area contributed by atoms with E-state index in [0.29, 0.717) is 18.8 Å². The quantitative estimate of drug-likeness (QED) is 0.478. The number of carboxylic acids is 1. The van der Waals surface area contributed by atoms with Crippen LogP contribution in [0.4, 0.5) is 0 Å². The molecule has 0 aliphatic carbocycles. The predicted octanol–water partition coefficient (Wildman–Crippen LogP) is 2.50. The van der Waals surface area contributed by atoms with Gasteiger partial charge in [-0.15, -0.1) is 0 Å². The highest BCUT2D eigenvalue weighted by Gasteiger charge is 2.10. The average Bonchev–Trinajstić information content (AvgIpc) is 2.37. The van der Waals surface area contributed by atoms with E-state index in [4.69, 9.17) is 19.6 Å². The van der Waals surface area contributed by atoms with E-state index in [1.807, 2.05) is 0 Å². The number of aromatic carboxylic acids is 1. The third-order valence-corrected chi connectivity index (χ3v) is 3.61. The summed E-state index contributed by atoms with van der Waals surface area (Å²) in [5.74, 6) is -0.355. The molecule has 0 atom stereocenters. The van der Waals surface area contributed by atoms with Crippen LogP contribution >= 0.6 is 7.60 Å². The molecule has 0 aliphatic heterocycles. The standard InChI is InChI=1S/C13H19O6P/c14-13(15)11-5-7-12(8-6-11)19-9-3-1-2-4-10-20(16,17)18/h5-8H,1-4,9-10H2,(H,14,15)(H2,16,17,18). The van der Waals surface area contributed by atoms with Gasteiger partial charge in [-0.2, -0.15) is 0 Å². The Hall–Kier alpha value is -1.36. The molecule has 0 amide bonds. The topological polar surface area (TPSA) is 104 Å². The second-order valence-electron chi connectivity index (χ2n) is 4.48. The second kappa shape index (κ2) is 8.04. The second-order valence-corrected chi connectivity index (χ2v) is 6.26. The van der Waals surface area contributed by atoms with Crippen molar-refractivity contribution in [1.29, 1.82) is 0 Å². The van der Waals surface area contributed by atoms with Gasteiger partial charge >= 0.3 is 13.6 Å². The van der Waals surface area contributed by atoms with Crippen molar-refractivity contribution in [2.45, 2.75) is 25.7 Å². The first-order chi connectivity index (χ1) is 9.38. The minimum atomic E-state index is -3.86. The molecule has 1 rings (SSSR count). The number of rotatable bonds is 9. The molecule has 1 aromatic rings. The van der Waals surface area contributed by atoms with Gasteiger partial charge in [-0.1, -0.05) is 12.8 Å². The molecule has 0 aromatic heterocycles. The van der Waals surface area contributed by atoms with Gasteiger partial charge in [0.15, 0.2) is 0 Å². The summed E-state index contributed by atoms with van der Waals surface area (Å²) < 4.78 is 16.1. The Kier molecular flexibility index (Phi) is 6.71. The molecule has 7 heteroatoms. The van der Waals surface area contributed by atoms with Gasteiger partial charge in [0.2, 0.25) is 0 Å². The zero-order valence-corrected chi connectivity index (χ0v) is 12.0. The average molecular weight is 302 g/mol. The summed E-state index contributed by atoms with van der Waals surface area (Å²) in [6, 6.07) is 6.18. The summed E-state index contributed by atoms with van der Waals surface area (Å²) in [7, 11) is -3.86. The predicted molar refractivity (Wildman–Crippen MR) is 74.3 cm³/mol. The lowest BCUT2D eigenvalue weighted by Gasteiger charge is -2.06. The molecule has 0 fully saturated rings. The number of hydrogen-bond acceptors (Lipinski definition) is 3. The van der Waals surface area contributed by atoms with Crippen LogP contribution in [0, 0.1) is 0 Å². The van der Waals surface area contributed by atoms with Crippen molar-refractivity contribution in [1.82, 2.24) is 0 Å². The molecule has 6 nitrogen and oxygen atoms in total. The number of carboxylic acid groups (broad SMARTS) is 1. The first-order valence-corrected chi connectivity index (χ1v) is 8.19. The highest BCUT2D eigenvalue weighted by molar-refractivity contribution is 7.51. The lowest BCUT2D eigenvalue weighted by atomic mass is 10.2. The summed E-state index contributed by atoms with van der Waals surface area (Å²) in [5.41, 5.74) is 0.217. The minimum absolute atomic E-state index is 0.0650. The lowest BCUT2D eigenvalue weighted by Crippen LogP contribution is -1.99. The van der Waals surface area contributed by atoms with Gasteiger partial charge in [0.1, 0.15) is 5.75 Å². The highest BCUT2D eigenvalue weighted by atomic mass is 31.2. The van der Waals surface area contributed by atoms with Crippen LogP contribution in [0.25, 0.3) is 0 Å². The van der Waals surface area contributed by atoms with E-state index in [-0.39, 0.29) is 11.7 Å². The van der Waals surface area contributed by atoms with E-state index in [9.17, 15) is 9.36 Å². The van der Waals surface area contributed by atoms with Crippen LogP contribution in [-0.2, 0) is 4.57 Å². The van der Waals surface area contributed by atoms with Crippen molar-refractivity contribution in [3.05, 3.63) is 29.8 Å². The number of benzene rings is 1. The highest BCUT2D eigenvalue weighted by Crippen LogP contribution is 2.35. The van der Waals surface area contributed by atoms with Crippen molar-refractivity contribution in [2.24, 2.45) is 0 Å². The van der Waals surface area contributed by atoms with E-state index in [1.165, 1.54) is 12.1 Å². The van der Waals surface area contributed by atoms with Crippen molar-refractivity contribution < 1.29 is 29.0 Å². The Labute approximate surface area is 117 Å². The molecular formula is C13H19O6P. The summed E-state index contributed by atoms with van der Waals surface area (Å²) in [6.07, 6.45) is 2.84. The maximum absolute atomic E-state index is 10.6. The monoisotopic (exact) mass is 302 g/mol. The van der Waals surface area contributed by atoms with Crippen molar-refractivity contribution in [3.63, 3.8) is 0 Å². The first-order valence-electron chi connectivity index (χ1n) is 6.39. The van der Waals surface area contributed by atoms with E-state index < -0.39 is 13.6 Å². The van der Waals surface area contributed by atoms with Crippen LogP contribution in [0.3, 0.4) is 0 Å². The molecule has 0 bridgehead atoms. The third-order valence-electron chi connectivity index (χ3n) is 2.71. The Balaban J connectivity index is 2.12. The molecular weight excluding hydrogens is 283 g/mol. The van der Waals surface area contributed by atoms with E-state index in [2.05, 4.69) is 0 Å². The maximum atomic E-state index is 10.6. The Bertz CT molecular complexity index is 464. The maximum Gasteiger partial charge on any atom is 0.335 e. The fraction of sp³-hybridized carbons (Fsp3) is 0.462. The van der Waals surface area contributed by atoms with Crippen LogP contribution in [0.5, 0.6) is 5.75 Å². The largest absolute Gasteiger partial charge is 0.494 e. The van der Waals surface area contributed by atoms with Gasteiger partial charge in [0, 0.05) is 6.16 Å². The van der Waals surface area contributed by atoms with Crippen LogP contribution < -0.4 is 4.74 Å². The number of ether oxygens (including phenoxy) is 1. The minimum Gasteiger partial charge on any atom is -0.494 e. The smallest absolute Gasteiger partial charge is 0.335 e. The van der Waals surface area contributed by atoms with Crippen LogP contribution in [-0.4, -0.2) is 33.6 Å². The molecule has 0 heterocycles. The van der Waals surface area contributed by atoms with E-state index in [0.717, 1.165) is 19.3 Å². The van der Waals surface area contributed by atoms with Crippen molar-refractivity contribution in [3.8, 4) is 5.75 Å². The van der Waals surface area contributed by atoms with Gasteiger partial charge in [-0.05, 0) is 37.1 Å². The van der Waals surface area contributed by atoms with Gasteiger partial charge in [-0.3, -0.25) is 4.57 Å². The molecule has 0 spiro atoms. The summed E-state index contributed by atoms with van der Waals surface area (Å²) in [6.45, 7) is 0.502. The SMILES string of the molecule is O=C(O)c1ccc(OCCCCCCP(=O)(O)O)cc1. The van der Waals surface area contributed by atoms with Gasteiger partial charge in [0.05, 0.1) is 12.2 Å². The van der Waals surface area contributed by atoms with Crippen LogP contribution in [0.1, 0.15) is 36.0 Å². The van der Waals surface area contributed by atoms with Gasteiger partial charge in [0.25, 0.3) is 0 Å². The van der Waals surface area contributed by atoms with Crippen LogP contribution in [0.15, 0.2) is 24.3 Å². The lowest BCUT2D eigenvalue weighted by molar-refractivity contribution is 0.0697. The van der Waals surface area contributed by atoms with Crippen LogP contribution in [0.2, 0.25) is 0 Å². The zero-order chi connectivity index (χ0) is 15.0. The normalized spacial score (nSPS) is 11.3. The number of unbranched alkanes of at least 4 members (excludes halogenated alkanes) is 3. The summed E-state index contributed by atoms with van der Waals surface area (Å²) in [4.78, 5) is 28.0. The molecule has 1 aromatic carbocycles. The van der Waals surface area contributed by atoms with Gasteiger partial charge < -0.3 is 19.6 Å². The zero-order valence-electron chi connectivity index (χ0n) is 11.1. The third kappa shape index (κ3) is 7.28. The van der Waals surface area contributed by atoms with Crippen molar-refractivity contribution >= 4 is 13.6 Å². The van der Waals surface area contributed by atoms with Crippen molar-refractivity contribution in [2.75, 3.05) is 12.8 Å². The van der Waals surface area contributed by atoms with Gasteiger partial charge in [-0.25, -0.2) is 4.79 Å². The summed E-state index contributed by atoms with van der Waals surface area (Å²) in [5, 5.41) is 8.73. The molecule has 0 saturated carbocycles. The molecule has 112 valence electrons. The number of carbonyl (C=O) groups is 1. The fourth-order valence-electron chi connectivity index (χ4n) is 1.66. The molecule has 0 aliphatic rings. The summed E-state index contributed by atoms with van der Waals surface area (Å²) >= 11 is 0. The molecule has 0 saturated heterocycles. The molecule has 20 heavy (non-hydrogen) atoms. The fourth-order valence-corrected chi connectivity index (χ4v) is 2.29. The first kappa shape index (κ1) is 16.7. The Morgan fingerprint density at radius 1 is 1.05 bits per heavy atom. The van der Waals surface area contributed by atoms with E-state index in [1.54, 1.807) is 12.1 Å². The van der Waals surface area contributed by atoms with E-state index >= 15 is 0 Å². The molecule has 3 N–H and O–H groups in total. The molecule has 0 unspecified atom stereocenters. The Morgan fingerprint density at radius 3 is 2.20 bits per heavy atom.